The highest BCUT2D eigenvalue weighted by atomic mass is 79.9. The van der Waals surface area contributed by atoms with Gasteiger partial charge in [-0.05, 0) is 64.5 Å². The molecule has 8 heteroatoms. The van der Waals surface area contributed by atoms with E-state index in [4.69, 9.17) is 40.2 Å². The van der Waals surface area contributed by atoms with Crippen molar-refractivity contribution in [3.63, 3.8) is 0 Å². The number of anilines is 1. The first-order valence-electron chi connectivity index (χ1n) is 6.31. The Bertz CT molecular complexity index is 751. The van der Waals surface area contributed by atoms with E-state index in [1.54, 1.807) is 43.5 Å². The molecule has 0 fully saturated rings. The smallest absolute Gasteiger partial charge is 0.257 e. The molecule has 0 aliphatic carbocycles. The summed E-state index contributed by atoms with van der Waals surface area (Å²) >= 11 is 20.3. The molecule has 0 aliphatic rings. The standard InChI is InChI=1S/C15H11BrCl2N2O2S/c1-22-13-3-2-8(4-12(13)16)14(21)20-15(23)19-11-6-9(17)5-10(18)7-11/h2-7H,1H3,(H2,19,20,21,23). The van der Waals surface area contributed by atoms with Gasteiger partial charge in [0.15, 0.2) is 5.11 Å². The van der Waals surface area contributed by atoms with Crippen LogP contribution in [-0.4, -0.2) is 18.1 Å². The number of methoxy groups -OCH3 is 1. The van der Waals surface area contributed by atoms with Gasteiger partial charge < -0.3 is 10.1 Å². The van der Waals surface area contributed by atoms with Crippen LogP contribution in [0.3, 0.4) is 0 Å². The van der Waals surface area contributed by atoms with Crippen molar-refractivity contribution in [2.75, 3.05) is 12.4 Å². The summed E-state index contributed by atoms with van der Waals surface area (Å²) in [6.07, 6.45) is 0. The van der Waals surface area contributed by atoms with Crippen LogP contribution in [-0.2, 0) is 0 Å². The second-order valence-electron chi connectivity index (χ2n) is 4.42. The van der Waals surface area contributed by atoms with E-state index < -0.39 is 0 Å². The molecule has 1 amide bonds. The van der Waals surface area contributed by atoms with Crippen molar-refractivity contribution in [2.24, 2.45) is 0 Å². The zero-order valence-electron chi connectivity index (χ0n) is 11.8. The number of hydrogen-bond donors (Lipinski definition) is 2. The molecule has 0 heterocycles. The topological polar surface area (TPSA) is 50.4 Å². The average Bonchev–Trinajstić information content (AvgIpc) is 2.45. The molecule has 23 heavy (non-hydrogen) atoms. The number of thiocarbonyl (C=S) groups is 1. The highest BCUT2D eigenvalue weighted by Crippen LogP contribution is 2.25. The molecule has 120 valence electrons. The predicted molar refractivity (Wildman–Crippen MR) is 101 cm³/mol. The van der Waals surface area contributed by atoms with Gasteiger partial charge >= 0.3 is 0 Å². The quantitative estimate of drug-likeness (QED) is 0.676. The van der Waals surface area contributed by atoms with Gasteiger partial charge in [-0.25, -0.2) is 0 Å². The number of carbonyl (C=O) groups excluding carboxylic acids is 1. The van der Waals surface area contributed by atoms with E-state index in [-0.39, 0.29) is 11.0 Å². The summed E-state index contributed by atoms with van der Waals surface area (Å²) in [7, 11) is 1.55. The number of nitrogens with one attached hydrogen (secondary N) is 2. The van der Waals surface area contributed by atoms with Gasteiger partial charge in [-0.15, -0.1) is 0 Å². The van der Waals surface area contributed by atoms with Crippen molar-refractivity contribution in [3.05, 3.63) is 56.5 Å². The fourth-order valence-electron chi connectivity index (χ4n) is 1.77. The normalized spacial score (nSPS) is 10.1. The third-order valence-corrected chi connectivity index (χ3v) is 4.02. The fraction of sp³-hybridized carbons (Fsp3) is 0.0667. The lowest BCUT2D eigenvalue weighted by Gasteiger charge is -2.11. The first-order valence-corrected chi connectivity index (χ1v) is 8.26. The summed E-state index contributed by atoms with van der Waals surface area (Å²) in [6, 6.07) is 9.87. The molecule has 0 unspecified atom stereocenters. The van der Waals surface area contributed by atoms with E-state index in [2.05, 4.69) is 26.6 Å². The van der Waals surface area contributed by atoms with Crippen molar-refractivity contribution < 1.29 is 9.53 Å². The van der Waals surface area contributed by atoms with Gasteiger partial charge in [0.05, 0.1) is 11.6 Å². The van der Waals surface area contributed by atoms with Gasteiger partial charge in [0.2, 0.25) is 0 Å². The van der Waals surface area contributed by atoms with Crippen LogP contribution in [0.1, 0.15) is 10.4 Å². The number of ether oxygens (including phenoxy) is 1. The third kappa shape index (κ3) is 5.07. The molecule has 0 radical (unpaired) electrons. The Balaban J connectivity index is 2.04. The molecule has 0 aromatic heterocycles. The lowest BCUT2D eigenvalue weighted by atomic mass is 10.2. The van der Waals surface area contributed by atoms with Crippen LogP contribution in [0.15, 0.2) is 40.9 Å². The average molecular weight is 434 g/mol. The highest BCUT2D eigenvalue weighted by molar-refractivity contribution is 9.10. The van der Waals surface area contributed by atoms with E-state index in [1.807, 2.05) is 0 Å². The van der Waals surface area contributed by atoms with Crippen LogP contribution in [0.5, 0.6) is 5.75 Å². The lowest BCUT2D eigenvalue weighted by Crippen LogP contribution is -2.34. The molecule has 0 spiro atoms. The maximum Gasteiger partial charge on any atom is 0.257 e. The highest BCUT2D eigenvalue weighted by Gasteiger charge is 2.11. The number of benzene rings is 2. The molecular formula is C15H11BrCl2N2O2S. The van der Waals surface area contributed by atoms with Crippen molar-refractivity contribution in [1.29, 1.82) is 0 Å². The molecule has 2 N–H and O–H groups in total. The van der Waals surface area contributed by atoms with E-state index in [0.717, 1.165) is 0 Å². The Labute approximate surface area is 157 Å². The molecule has 0 aliphatic heterocycles. The van der Waals surface area contributed by atoms with E-state index in [9.17, 15) is 4.79 Å². The van der Waals surface area contributed by atoms with Crippen LogP contribution in [0, 0.1) is 0 Å². The molecule has 0 atom stereocenters. The SMILES string of the molecule is COc1ccc(C(=O)NC(=S)Nc2cc(Cl)cc(Cl)c2)cc1Br. The number of hydrogen-bond acceptors (Lipinski definition) is 3. The number of rotatable bonds is 3. The Morgan fingerprint density at radius 1 is 1.17 bits per heavy atom. The summed E-state index contributed by atoms with van der Waals surface area (Å²) in [5.41, 5.74) is 1.02. The van der Waals surface area contributed by atoms with Gasteiger partial charge in [0.1, 0.15) is 5.75 Å². The van der Waals surface area contributed by atoms with Crippen molar-refractivity contribution in [2.45, 2.75) is 0 Å². The summed E-state index contributed by atoms with van der Waals surface area (Å²) in [5, 5.41) is 6.51. The number of carbonyl (C=O) groups is 1. The van der Waals surface area contributed by atoms with Crippen molar-refractivity contribution in [1.82, 2.24) is 5.32 Å². The Hall–Kier alpha value is -1.34. The molecule has 2 rings (SSSR count). The van der Waals surface area contributed by atoms with Crippen LogP contribution in [0.2, 0.25) is 10.0 Å². The van der Waals surface area contributed by atoms with E-state index >= 15 is 0 Å². The summed E-state index contributed by atoms with van der Waals surface area (Å²) < 4.78 is 5.79. The zero-order valence-corrected chi connectivity index (χ0v) is 15.7. The van der Waals surface area contributed by atoms with E-state index in [0.29, 0.717) is 31.5 Å². The van der Waals surface area contributed by atoms with Gasteiger partial charge in [-0.3, -0.25) is 10.1 Å². The Morgan fingerprint density at radius 2 is 1.83 bits per heavy atom. The molecule has 0 saturated carbocycles. The molecule has 0 bridgehead atoms. The van der Waals surface area contributed by atoms with Gasteiger partial charge in [0, 0.05) is 21.3 Å². The maximum absolute atomic E-state index is 12.2. The molecule has 2 aromatic carbocycles. The molecule has 0 saturated heterocycles. The first kappa shape index (κ1) is 18.0. The summed E-state index contributed by atoms with van der Waals surface area (Å²) in [4.78, 5) is 12.2. The first-order chi connectivity index (χ1) is 10.9. The van der Waals surface area contributed by atoms with Crippen LogP contribution >= 0.6 is 51.3 Å². The van der Waals surface area contributed by atoms with Crippen molar-refractivity contribution >= 4 is 68.1 Å². The van der Waals surface area contributed by atoms with Gasteiger partial charge in [-0.2, -0.15) is 0 Å². The van der Waals surface area contributed by atoms with Crippen LogP contribution in [0.25, 0.3) is 0 Å². The third-order valence-electron chi connectivity index (χ3n) is 2.76. The van der Waals surface area contributed by atoms with Crippen LogP contribution < -0.4 is 15.4 Å². The molecule has 4 nitrogen and oxygen atoms in total. The second kappa shape index (κ2) is 7.97. The minimum atomic E-state index is -0.348. The summed E-state index contributed by atoms with van der Waals surface area (Å²) in [6.45, 7) is 0. The molecule has 2 aromatic rings. The predicted octanol–water partition coefficient (Wildman–Crippen LogP) is 4.89. The second-order valence-corrected chi connectivity index (χ2v) is 6.55. The largest absolute Gasteiger partial charge is 0.496 e. The number of halogens is 3. The summed E-state index contributed by atoms with van der Waals surface area (Å²) in [5.74, 6) is 0.287. The van der Waals surface area contributed by atoms with E-state index in [1.165, 1.54) is 0 Å². The lowest BCUT2D eigenvalue weighted by molar-refractivity contribution is 0.0977. The number of amides is 1. The van der Waals surface area contributed by atoms with Gasteiger partial charge in [0.25, 0.3) is 5.91 Å². The maximum atomic E-state index is 12.2. The Kier molecular flexibility index (Phi) is 6.24. The molecular weight excluding hydrogens is 423 g/mol. The zero-order chi connectivity index (χ0) is 17.0. The fourth-order valence-corrected chi connectivity index (χ4v) is 3.05. The minimum Gasteiger partial charge on any atom is -0.496 e. The van der Waals surface area contributed by atoms with Crippen molar-refractivity contribution in [3.8, 4) is 5.75 Å². The monoisotopic (exact) mass is 432 g/mol. The van der Waals surface area contributed by atoms with Gasteiger partial charge in [-0.1, -0.05) is 23.2 Å². The minimum absolute atomic E-state index is 0.139. The van der Waals surface area contributed by atoms with Crippen LogP contribution in [0.4, 0.5) is 5.69 Å². The Morgan fingerprint density at radius 3 is 2.39 bits per heavy atom.